The van der Waals surface area contributed by atoms with Crippen molar-refractivity contribution in [3.05, 3.63) is 70.0 Å². The van der Waals surface area contributed by atoms with E-state index in [9.17, 15) is 17.6 Å². The molecular formula is C16H16ClFN2O3S. The molecule has 0 heterocycles. The fourth-order valence-corrected chi connectivity index (χ4v) is 3.05. The predicted octanol–water partition coefficient (Wildman–Crippen LogP) is 2.46. The van der Waals surface area contributed by atoms with Gasteiger partial charge in [0.25, 0.3) is 5.91 Å². The van der Waals surface area contributed by atoms with Crippen LogP contribution in [-0.4, -0.2) is 21.4 Å². The lowest BCUT2D eigenvalue weighted by Gasteiger charge is -2.08. The minimum atomic E-state index is -3.33. The number of halogens is 2. The number of benzene rings is 2. The van der Waals surface area contributed by atoms with Crippen molar-refractivity contribution in [1.82, 2.24) is 10.0 Å². The first-order chi connectivity index (χ1) is 11.3. The Morgan fingerprint density at radius 2 is 1.75 bits per heavy atom. The molecule has 2 aromatic carbocycles. The van der Waals surface area contributed by atoms with Gasteiger partial charge in [-0.05, 0) is 30.3 Å². The average Bonchev–Trinajstić information content (AvgIpc) is 2.54. The van der Waals surface area contributed by atoms with Gasteiger partial charge in [-0.15, -0.1) is 0 Å². The van der Waals surface area contributed by atoms with Crippen LogP contribution in [0, 0.1) is 5.82 Å². The minimum Gasteiger partial charge on any atom is -0.348 e. The molecule has 0 aliphatic carbocycles. The van der Waals surface area contributed by atoms with E-state index in [0.29, 0.717) is 5.56 Å². The van der Waals surface area contributed by atoms with Gasteiger partial charge in [-0.1, -0.05) is 41.9 Å². The summed E-state index contributed by atoms with van der Waals surface area (Å²) in [4.78, 5) is 12.0. The van der Waals surface area contributed by atoms with Gasteiger partial charge >= 0.3 is 0 Å². The molecule has 0 spiro atoms. The van der Waals surface area contributed by atoms with E-state index in [4.69, 9.17) is 11.6 Å². The molecule has 128 valence electrons. The number of hydrogen-bond donors (Lipinski definition) is 2. The number of nitrogens with one attached hydrogen (secondary N) is 2. The molecule has 2 aromatic rings. The van der Waals surface area contributed by atoms with Crippen molar-refractivity contribution in [2.24, 2.45) is 0 Å². The first-order valence-corrected chi connectivity index (χ1v) is 9.06. The van der Waals surface area contributed by atoms with Crippen LogP contribution in [0.4, 0.5) is 4.39 Å². The van der Waals surface area contributed by atoms with Crippen molar-refractivity contribution in [1.29, 1.82) is 0 Å². The highest BCUT2D eigenvalue weighted by Gasteiger charge is 2.15. The molecule has 0 bridgehead atoms. The van der Waals surface area contributed by atoms with Crippen LogP contribution in [-0.2, 0) is 22.3 Å². The predicted molar refractivity (Wildman–Crippen MR) is 90.7 cm³/mol. The van der Waals surface area contributed by atoms with Crippen LogP contribution in [0.2, 0.25) is 5.02 Å². The number of amides is 1. The van der Waals surface area contributed by atoms with Crippen molar-refractivity contribution in [3.8, 4) is 0 Å². The molecule has 0 aliphatic rings. The molecule has 8 heteroatoms. The van der Waals surface area contributed by atoms with E-state index >= 15 is 0 Å². The van der Waals surface area contributed by atoms with E-state index in [-0.39, 0.29) is 22.9 Å². The summed E-state index contributed by atoms with van der Waals surface area (Å²) in [5, 5.41) is 2.62. The van der Waals surface area contributed by atoms with Crippen LogP contribution in [0.1, 0.15) is 21.5 Å². The lowest BCUT2D eigenvalue weighted by Crippen LogP contribution is -2.24. The summed E-state index contributed by atoms with van der Waals surface area (Å²) in [6.45, 7) is 0.169. The topological polar surface area (TPSA) is 75.3 Å². The number of carbonyl (C=O) groups is 1. The minimum absolute atomic E-state index is 0.0418. The summed E-state index contributed by atoms with van der Waals surface area (Å²) >= 11 is 5.84. The first-order valence-electron chi connectivity index (χ1n) is 7.03. The zero-order valence-electron chi connectivity index (χ0n) is 12.8. The Labute approximate surface area is 144 Å². The van der Waals surface area contributed by atoms with Gasteiger partial charge in [0.05, 0.1) is 16.3 Å². The van der Waals surface area contributed by atoms with Crippen LogP contribution in [0.5, 0.6) is 0 Å². The molecule has 0 radical (unpaired) electrons. The smallest absolute Gasteiger partial charge is 0.256 e. The SMILES string of the molecule is CNS(=O)(=O)Cc1ccc(CNC(=O)c2c(F)cccc2Cl)cc1. The maximum absolute atomic E-state index is 13.7. The summed E-state index contributed by atoms with van der Waals surface area (Å²) in [5.74, 6) is -1.42. The molecule has 0 saturated carbocycles. The number of sulfonamides is 1. The number of hydrogen-bond acceptors (Lipinski definition) is 3. The Hall–Kier alpha value is -1.96. The lowest BCUT2D eigenvalue weighted by atomic mass is 10.1. The Bertz CT molecular complexity index is 819. The molecule has 5 nitrogen and oxygen atoms in total. The highest BCUT2D eigenvalue weighted by atomic mass is 35.5. The maximum Gasteiger partial charge on any atom is 0.256 e. The van der Waals surface area contributed by atoms with Gasteiger partial charge in [0.2, 0.25) is 10.0 Å². The largest absolute Gasteiger partial charge is 0.348 e. The summed E-state index contributed by atoms with van der Waals surface area (Å²) in [6, 6.07) is 10.7. The van der Waals surface area contributed by atoms with Gasteiger partial charge in [0.15, 0.2) is 0 Å². The third-order valence-electron chi connectivity index (χ3n) is 3.33. The van der Waals surface area contributed by atoms with Gasteiger partial charge in [-0.3, -0.25) is 4.79 Å². The molecule has 0 unspecified atom stereocenters. The zero-order valence-corrected chi connectivity index (χ0v) is 14.4. The van der Waals surface area contributed by atoms with Crippen molar-refractivity contribution in [3.63, 3.8) is 0 Å². The van der Waals surface area contributed by atoms with Crippen molar-refractivity contribution in [2.75, 3.05) is 7.05 Å². The molecule has 0 saturated heterocycles. The van der Waals surface area contributed by atoms with Crippen LogP contribution in [0.15, 0.2) is 42.5 Å². The second-order valence-corrected chi connectivity index (χ2v) is 7.39. The Morgan fingerprint density at radius 1 is 1.12 bits per heavy atom. The molecule has 24 heavy (non-hydrogen) atoms. The van der Waals surface area contributed by atoms with Gasteiger partial charge in [-0.2, -0.15) is 0 Å². The highest BCUT2D eigenvalue weighted by molar-refractivity contribution is 7.88. The fourth-order valence-electron chi connectivity index (χ4n) is 2.03. The molecule has 2 N–H and O–H groups in total. The summed E-state index contributed by atoms with van der Waals surface area (Å²) in [5.41, 5.74) is 1.17. The summed E-state index contributed by atoms with van der Waals surface area (Å²) in [7, 11) is -1.98. The molecular weight excluding hydrogens is 355 g/mol. The number of carbonyl (C=O) groups excluding carboxylic acids is 1. The van der Waals surface area contributed by atoms with Crippen LogP contribution in [0.3, 0.4) is 0 Å². The monoisotopic (exact) mass is 370 g/mol. The van der Waals surface area contributed by atoms with E-state index in [1.807, 2.05) is 0 Å². The summed E-state index contributed by atoms with van der Waals surface area (Å²) < 4.78 is 38.8. The summed E-state index contributed by atoms with van der Waals surface area (Å²) in [6.07, 6.45) is 0. The van der Waals surface area contributed by atoms with Crippen molar-refractivity contribution < 1.29 is 17.6 Å². The lowest BCUT2D eigenvalue weighted by molar-refractivity contribution is 0.0947. The first kappa shape index (κ1) is 18.4. The second-order valence-electron chi connectivity index (χ2n) is 5.06. The Balaban J connectivity index is 2.01. The van der Waals surface area contributed by atoms with Crippen molar-refractivity contribution >= 4 is 27.5 Å². The van der Waals surface area contributed by atoms with Gasteiger partial charge < -0.3 is 5.32 Å². The van der Waals surface area contributed by atoms with Gasteiger partial charge in [0, 0.05) is 6.54 Å². The maximum atomic E-state index is 13.7. The molecule has 0 aromatic heterocycles. The van der Waals surface area contributed by atoms with E-state index in [1.165, 1.54) is 19.2 Å². The molecule has 2 rings (SSSR count). The average molecular weight is 371 g/mol. The Kier molecular flexibility index (Phi) is 5.93. The quantitative estimate of drug-likeness (QED) is 0.820. The molecule has 0 aliphatic heterocycles. The molecule has 0 atom stereocenters. The number of rotatable bonds is 6. The fraction of sp³-hybridized carbons (Fsp3) is 0.188. The van der Waals surface area contributed by atoms with Gasteiger partial charge in [0.1, 0.15) is 5.82 Å². The second kappa shape index (κ2) is 7.74. The highest BCUT2D eigenvalue weighted by Crippen LogP contribution is 2.18. The third-order valence-corrected chi connectivity index (χ3v) is 4.98. The normalized spacial score (nSPS) is 11.3. The van der Waals surface area contributed by atoms with E-state index < -0.39 is 21.7 Å². The van der Waals surface area contributed by atoms with E-state index in [0.717, 1.165) is 11.6 Å². The zero-order chi connectivity index (χ0) is 17.7. The third kappa shape index (κ3) is 4.77. The van der Waals surface area contributed by atoms with Crippen LogP contribution in [0.25, 0.3) is 0 Å². The van der Waals surface area contributed by atoms with Crippen LogP contribution >= 0.6 is 11.6 Å². The van der Waals surface area contributed by atoms with Crippen molar-refractivity contribution in [2.45, 2.75) is 12.3 Å². The van der Waals surface area contributed by atoms with E-state index in [1.54, 1.807) is 24.3 Å². The van der Waals surface area contributed by atoms with Gasteiger partial charge in [-0.25, -0.2) is 17.5 Å². The molecule has 1 amide bonds. The molecule has 0 fully saturated rings. The van der Waals surface area contributed by atoms with Crippen LogP contribution < -0.4 is 10.0 Å². The Morgan fingerprint density at radius 3 is 2.33 bits per heavy atom. The van der Waals surface area contributed by atoms with E-state index in [2.05, 4.69) is 10.0 Å². The standard InChI is InChI=1S/C16H16ClFN2O3S/c1-19-24(22,23)10-12-7-5-11(6-8-12)9-20-16(21)15-13(17)3-2-4-14(15)18/h2-8,19H,9-10H2,1H3,(H,20,21).